The van der Waals surface area contributed by atoms with Gasteiger partial charge in [0, 0.05) is 6.54 Å². The first-order valence-electron chi connectivity index (χ1n) is 5.74. The number of thioether (sulfide) groups is 1. The molecule has 0 saturated carbocycles. The van der Waals surface area contributed by atoms with Crippen LogP contribution in [-0.2, 0) is 0 Å². The number of nitriles is 1. The standard InChI is InChI=1S/C13H16N2OS/c1-16-12-4-2-3-11(7-14)13(12)15-8-10-5-6-17-9-10/h2-4,10,15H,5-6,8-9H2,1H3. The van der Waals surface area contributed by atoms with Gasteiger partial charge in [0.2, 0.25) is 0 Å². The Morgan fingerprint density at radius 3 is 3.12 bits per heavy atom. The van der Waals surface area contributed by atoms with Crippen molar-refractivity contribution in [1.82, 2.24) is 0 Å². The van der Waals surface area contributed by atoms with Crippen LogP contribution in [0, 0.1) is 17.2 Å². The summed E-state index contributed by atoms with van der Waals surface area (Å²) in [7, 11) is 1.63. The van der Waals surface area contributed by atoms with Crippen molar-refractivity contribution in [1.29, 1.82) is 5.26 Å². The number of anilines is 1. The number of hydrogen-bond acceptors (Lipinski definition) is 4. The smallest absolute Gasteiger partial charge is 0.143 e. The van der Waals surface area contributed by atoms with Gasteiger partial charge in [-0.3, -0.25) is 0 Å². The maximum Gasteiger partial charge on any atom is 0.143 e. The highest BCUT2D eigenvalue weighted by Gasteiger charge is 2.16. The van der Waals surface area contributed by atoms with Crippen molar-refractivity contribution in [3.63, 3.8) is 0 Å². The number of rotatable bonds is 4. The van der Waals surface area contributed by atoms with E-state index in [1.165, 1.54) is 17.9 Å². The average Bonchev–Trinajstić information content (AvgIpc) is 2.88. The Kier molecular flexibility index (Phi) is 4.16. The Hall–Kier alpha value is -1.34. The van der Waals surface area contributed by atoms with E-state index in [0.29, 0.717) is 11.5 Å². The molecule has 1 aliphatic heterocycles. The zero-order chi connectivity index (χ0) is 12.1. The molecule has 1 N–H and O–H groups in total. The third-order valence-corrected chi connectivity index (χ3v) is 4.19. The first-order valence-corrected chi connectivity index (χ1v) is 6.89. The van der Waals surface area contributed by atoms with E-state index in [1.54, 1.807) is 7.11 Å². The van der Waals surface area contributed by atoms with E-state index >= 15 is 0 Å². The predicted octanol–water partition coefficient (Wildman–Crippen LogP) is 2.73. The van der Waals surface area contributed by atoms with E-state index in [9.17, 15) is 0 Å². The van der Waals surface area contributed by atoms with Crippen LogP contribution >= 0.6 is 11.8 Å². The molecular weight excluding hydrogens is 232 g/mol. The molecule has 0 radical (unpaired) electrons. The van der Waals surface area contributed by atoms with Crippen molar-refractivity contribution in [2.75, 3.05) is 30.5 Å². The molecule has 2 rings (SSSR count). The summed E-state index contributed by atoms with van der Waals surface area (Å²) in [5, 5.41) is 12.4. The third-order valence-electron chi connectivity index (χ3n) is 2.96. The number of ether oxygens (including phenoxy) is 1. The molecule has 1 saturated heterocycles. The monoisotopic (exact) mass is 248 g/mol. The van der Waals surface area contributed by atoms with Crippen LogP contribution in [0.3, 0.4) is 0 Å². The van der Waals surface area contributed by atoms with E-state index in [0.717, 1.165) is 18.0 Å². The Bertz CT molecular complexity index is 422. The number of methoxy groups -OCH3 is 1. The van der Waals surface area contributed by atoms with Crippen LogP contribution in [0.4, 0.5) is 5.69 Å². The van der Waals surface area contributed by atoms with Crippen LogP contribution in [0.2, 0.25) is 0 Å². The number of hydrogen-bond donors (Lipinski definition) is 1. The van der Waals surface area contributed by atoms with Crippen molar-refractivity contribution in [2.24, 2.45) is 5.92 Å². The van der Waals surface area contributed by atoms with E-state index in [4.69, 9.17) is 10.00 Å². The van der Waals surface area contributed by atoms with E-state index in [2.05, 4.69) is 11.4 Å². The molecular formula is C13H16N2OS. The van der Waals surface area contributed by atoms with Gasteiger partial charge in [-0.05, 0) is 36.0 Å². The fraction of sp³-hybridized carbons (Fsp3) is 0.462. The van der Waals surface area contributed by atoms with Gasteiger partial charge in [-0.25, -0.2) is 0 Å². The summed E-state index contributed by atoms with van der Waals surface area (Å²) in [4.78, 5) is 0. The van der Waals surface area contributed by atoms with Gasteiger partial charge < -0.3 is 10.1 Å². The highest BCUT2D eigenvalue weighted by atomic mass is 32.2. The van der Waals surface area contributed by atoms with Gasteiger partial charge in [-0.15, -0.1) is 0 Å². The number of para-hydroxylation sites is 1. The zero-order valence-electron chi connectivity index (χ0n) is 9.90. The lowest BCUT2D eigenvalue weighted by Crippen LogP contribution is -2.14. The lowest BCUT2D eigenvalue weighted by atomic mass is 10.1. The summed E-state index contributed by atoms with van der Waals surface area (Å²) in [6, 6.07) is 7.73. The Labute approximate surface area is 106 Å². The molecule has 1 aromatic rings. The molecule has 1 heterocycles. The molecule has 90 valence electrons. The molecule has 1 unspecified atom stereocenters. The molecule has 1 atom stereocenters. The van der Waals surface area contributed by atoms with Crippen molar-refractivity contribution in [2.45, 2.75) is 6.42 Å². The second-order valence-corrected chi connectivity index (χ2v) is 5.25. The highest BCUT2D eigenvalue weighted by molar-refractivity contribution is 7.99. The van der Waals surface area contributed by atoms with Crippen LogP contribution in [0.5, 0.6) is 5.75 Å². The predicted molar refractivity (Wildman–Crippen MR) is 71.6 cm³/mol. The summed E-state index contributed by atoms with van der Waals surface area (Å²) in [5.41, 5.74) is 1.48. The summed E-state index contributed by atoms with van der Waals surface area (Å²) < 4.78 is 5.28. The van der Waals surface area contributed by atoms with Crippen LogP contribution < -0.4 is 10.1 Å². The van der Waals surface area contributed by atoms with Crippen LogP contribution in [0.1, 0.15) is 12.0 Å². The van der Waals surface area contributed by atoms with Gasteiger partial charge in [0.25, 0.3) is 0 Å². The van der Waals surface area contributed by atoms with Gasteiger partial charge in [0.1, 0.15) is 11.8 Å². The number of nitrogens with one attached hydrogen (secondary N) is 1. The van der Waals surface area contributed by atoms with Gasteiger partial charge in [0.05, 0.1) is 18.4 Å². The Morgan fingerprint density at radius 1 is 1.59 bits per heavy atom. The minimum absolute atomic E-state index is 0.648. The van der Waals surface area contributed by atoms with E-state index in [1.807, 2.05) is 30.0 Å². The fourth-order valence-electron chi connectivity index (χ4n) is 1.97. The maximum atomic E-state index is 9.08. The molecule has 1 fully saturated rings. The van der Waals surface area contributed by atoms with Crippen LogP contribution in [0.15, 0.2) is 18.2 Å². The number of benzene rings is 1. The van der Waals surface area contributed by atoms with Crippen LogP contribution in [-0.4, -0.2) is 25.2 Å². The first kappa shape index (κ1) is 12.1. The summed E-state index contributed by atoms with van der Waals surface area (Å²) in [6.45, 7) is 0.919. The molecule has 1 aliphatic rings. The molecule has 0 amide bonds. The lowest BCUT2D eigenvalue weighted by Gasteiger charge is -2.15. The normalized spacial score (nSPS) is 18.7. The largest absolute Gasteiger partial charge is 0.495 e. The molecule has 17 heavy (non-hydrogen) atoms. The van der Waals surface area contributed by atoms with Gasteiger partial charge >= 0.3 is 0 Å². The summed E-state index contributed by atoms with van der Waals surface area (Å²) in [6.07, 6.45) is 1.26. The first-order chi connectivity index (χ1) is 8.35. The Balaban J connectivity index is 2.10. The molecule has 0 spiro atoms. The fourth-order valence-corrected chi connectivity index (χ4v) is 3.25. The quantitative estimate of drug-likeness (QED) is 0.890. The molecule has 0 aromatic heterocycles. The maximum absolute atomic E-state index is 9.08. The minimum Gasteiger partial charge on any atom is -0.495 e. The molecule has 3 nitrogen and oxygen atoms in total. The van der Waals surface area contributed by atoms with Crippen molar-refractivity contribution < 1.29 is 4.74 Å². The molecule has 4 heteroatoms. The second kappa shape index (κ2) is 5.83. The summed E-state index contributed by atoms with van der Waals surface area (Å²) >= 11 is 2.00. The zero-order valence-corrected chi connectivity index (χ0v) is 10.7. The molecule has 0 bridgehead atoms. The Morgan fingerprint density at radius 2 is 2.47 bits per heavy atom. The van der Waals surface area contributed by atoms with Gasteiger partial charge in [0.15, 0.2) is 0 Å². The van der Waals surface area contributed by atoms with Crippen LogP contribution in [0.25, 0.3) is 0 Å². The SMILES string of the molecule is COc1cccc(C#N)c1NCC1CCSC1. The van der Waals surface area contributed by atoms with E-state index in [-0.39, 0.29) is 0 Å². The summed E-state index contributed by atoms with van der Waals surface area (Å²) in [5.74, 6) is 3.92. The van der Waals surface area contributed by atoms with Crippen molar-refractivity contribution in [3.05, 3.63) is 23.8 Å². The minimum atomic E-state index is 0.648. The van der Waals surface area contributed by atoms with Gasteiger partial charge in [-0.1, -0.05) is 6.07 Å². The lowest BCUT2D eigenvalue weighted by molar-refractivity contribution is 0.416. The second-order valence-electron chi connectivity index (χ2n) is 4.11. The molecule has 0 aliphatic carbocycles. The van der Waals surface area contributed by atoms with Crippen molar-refractivity contribution in [3.8, 4) is 11.8 Å². The van der Waals surface area contributed by atoms with E-state index < -0.39 is 0 Å². The topological polar surface area (TPSA) is 45.0 Å². The van der Waals surface area contributed by atoms with Gasteiger partial charge in [-0.2, -0.15) is 17.0 Å². The highest BCUT2D eigenvalue weighted by Crippen LogP contribution is 2.29. The average molecular weight is 248 g/mol. The molecule has 1 aromatic carbocycles. The number of nitrogens with zero attached hydrogens (tertiary/aromatic N) is 1. The third kappa shape index (κ3) is 2.86. The van der Waals surface area contributed by atoms with Crippen molar-refractivity contribution >= 4 is 17.4 Å².